The molecule has 1 saturated heterocycles. The van der Waals surface area contributed by atoms with Crippen LogP contribution in [0.5, 0.6) is 0 Å². The number of rotatable bonds is 5. The molecule has 2 N–H and O–H groups in total. The molecule has 21 heavy (non-hydrogen) atoms. The van der Waals surface area contributed by atoms with Gasteiger partial charge in [0.05, 0.1) is 6.04 Å². The quantitative estimate of drug-likeness (QED) is 0.876. The van der Waals surface area contributed by atoms with Gasteiger partial charge in [0.1, 0.15) is 0 Å². The van der Waals surface area contributed by atoms with Gasteiger partial charge in [0, 0.05) is 19.0 Å². The van der Waals surface area contributed by atoms with Crippen molar-refractivity contribution in [2.75, 3.05) is 6.54 Å². The van der Waals surface area contributed by atoms with E-state index in [2.05, 4.69) is 5.32 Å². The molecule has 2 unspecified atom stereocenters. The Morgan fingerprint density at radius 1 is 1.38 bits per heavy atom. The Morgan fingerprint density at radius 3 is 2.67 bits per heavy atom. The van der Waals surface area contributed by atoms with Gasteiger partial charge in [-0.15, -0.1) is 0 Å². The summed E-state index contributed by atoms with van der Waals surface area (Å²) in [6, 6.07) is 9.42. The fourth-order valence-corrected chi connectivity index (χ4v) is 2.74. The highest BCUT2D eigenvalue weighted by Gasteiger charge is 2.27. The van der Waals surface area contributed by atoms with E-state index >= 15 is 0 Å². The Morgan fingerprint density at radius 2 is 2.10 bits per heavy atom. The van der Waals surface area contributed by atoms with E-state index in [4.69, 9.17) is 5.11 Å². The van der Waals surface area contributed by atoms with E-state index in [1.807, 2.05) is 42.2 Å². The summed E-state index contributed by atoms with van der Waals surface area (Å²) in [5.41, 5.74) is 0.943. The molecule has 2 rings (SSSR count). The van der Waals surface area contributed by atoms with Crippen molar-refractivity contribution in [2.45, 2.75) is 44.7 Å². The van der Waals surface area contributed by atoms with Crippen molar-refractivity contribution in [1.29, 1.82) is 0 Å². The molecule has 0 saturated carbocycles. The second-order valence-electron chi connectivity index (χ2n) is 5.53. The number of carbonyl (C=O) groups is 2. The summed E-state index contributed by atoms with van der Waals surface area (Å²) in [6.45, 7) is 2.81. The summed E-state index contributed by atoms with van der Waals surface area (Å²) in [7, 11) is 0. The fourth-order valence-electron chi connectivity index (χ4n) is 2.74. The summed E-state index contributed by atoms with van der Waals surface area (Å²) in [6.07, 6.45) is 2.49. The maximum Gasteiger partial charge on any atom is 0.318 e. The van der Waals surface area contributed by atoms with E-state index in [-0.39, 0.29) is 24.5 Å². The normalized spacial score (nSPS) is 19.3. The average molecular weight is 290 g/mol. The van der Waals surface area contributed by atoms with Gasteiger partial charge < -0.3 is 15.3 Å². The summed E-state index contributed by atoms with van der Waals surface area (Å²) in [4.78, 5) is 25.0. The largest absolute Gasteiger partial charge is 0.481 e. The van der Waals surface area contributed by atoms with Crippen LogP contribution >= 0.6 is 0 Å². The first-order chi connectivity index (χ1) is 10.1. The minimum absolute atomic E-state index is 0.0371. The van der Waals surface area contributed by atoms with E-state index in [1.165, 1.54) is 0 Å². The minimum atomic E-state index is -0.847. The second kappa shape index (κ2) is 7.11. The third-order valence-electron chi connectivity index (χ3n) is 3.96. The van der Waals surface area contributed by atoms with Gasteiger partial charge in [-0.25, -0.2) is 4.79 Å². The van der Waals surface area contributed by atoms with Crippen molar-refractivity contribution in [1.82, 2.24) is 10.2 Å². The molecule has 1 aromatic carbocycles. The highest BCUT2D eigenvalue weighted by Crippen LogP contribution is 2.21. The number of nitrogens with one attached hydrogen (secondary N) is 1. The van der Waals surface area contributed by atoms with Crippen LogP contribution in [0.3, 0.4) is 0 Å². The maximum atomic E-state index is 12.4. The van der Waals surface area contributed by atoms with E-state index in [1.54, 1.807) is 0 Å². The lowest BCUT2D eigenvalue weighted by molar-refractivity contribution is -0.137. The van der Waals surface area contributed by atoms with Crippen molar-refractivity contribution >= 4 is 12.0 Å². The predicted molar refractivity (Wildman–Crippen MR) is 80.0 cm³/mol. The van der Waals surface area contributed by atoms with E-state index < -0.39 is 5.97 Å². The van der Waals surface area contributed by atoms with Gasteiger partial charge in [0.25, 0.3) is 0 Å². The van der Waals surface area contributed by atoms with Crippen molar-refractivity contribution in [3.05, 3.63) is 35.9 Å². The van der Waals surface area contributed by atoms with Crippen LogP contribution in [0.2, 0.25) is 0 Å². The molecule has 1 aliphatic heterocycles. The number of amides is 2. The van der Waals surface area contributed by atoms with Crippen LogP contribution in [0, 0.1) is 0 Å². The number of aliphatic carboxylic acids is 1. The van der Waals surface area contributed by atoms with Crippen molar-refractivity contribution < 1.29 is 14.7 Å². The SMILES string of the molecule is CC1CCCN1C(=O)NC(CCC(=O)O)c1ccccc1. The molecule has 0 aromatic heterocycles. The smallest absolute Gasteiger partial charge is 0.318 e. The van der Waals surface area contributed by atoms with Crippen LogP contribution in [-0.2, 0) is 4.79 Å². The average Bonchev–Trinajstić information content (AvgIpc) is 2.90. The number of nitrogens with zero attached hydrogens (tertiary/aromatic N) is 1. The monoisotopic (exact) mass is 290 g/mol. The number of carbonyl (C=O) groups excluding carboxylic acids is 1. The lowest BCUT2D eigenvalue weighted by Crippen LogP contribution is -2.43. The van der Waals surface area contributed by atoms with Gasteiger partial charge in [0.2, 0.25) is 0 Å². The number of carboxylic acids is 1. The molecule has 0 bridgehead atoms. The van der Waals surface area contributed by atoms with Crippen LogP contribution in [0.4, 0.5) is 4.79 Å². The third-order valence-corrected chi connectivity index (χ3v) is 3.96. The van der Waals surface area contributed by atoms with Crippen LogP contribution in [0.1, 0.15) is 44.2 Å². The zero-order valence-electron chi connectivity index (χ0n) is 12.3. The summed E-state index contributed by atoms with van der Waals surface area (Å²) < 4.78 is 0. The zero-order chi connectivity index (χ0) is 15.2. The van der Waals surface area contributed by atoms with Gasteiger partial charge in [-0.2, -0.15) is 0 Å². The highest BCUT2D eigenvalue weighted by molar-refractivity contribution is 5.75. The fraction of sp³-hybridized carbons (Fsp3) is 0.500. The van der Waals surface area contributed by atoms with Gasteiger partial charge in [0.15, 0.2) is 0 Å². The van der Waals surface area contributed by atoms with Crippen molar-refractivity contribution in [3.63, 3.8) is 0 Å². The lowest BCUT2D eigenvalue weighted by atomic mass is 10.0. The lowest BCUT2D eigenvalue weighted by Gasteiger charge is -2.26. The van der Waals surface area contributed by atoms with Gasteiger partial charge in [-0.3, -0.25) is 4.79 Å². The van der Waals surface area contributed by atoms with Gasteiger partial charge in [-0.05, 0) is 31.7 Å². The molecule has 0 aliphatic carbocycles. The Labute approximate surface area is 125 Å². The molecule has 114 valence electrons. The van der Waals surface area contributed by atoms with E-state index in [9.17, 15) is 9.59 Å². The summed E-state index contributed by atoms with van der Waals surface area (Å²) in [5, 5.41) is 11.9. The minimum Gasteiger partial charge on any atom is -0.481 e. The first-order valence-electron chi connectivity index (χ1n) is 7.42. The van der Waals surface area contributed by atoms with Crippen LogP contribution < -0.4 is 5.32 Å². The maximum absolute atomic E-state index is 12.4. The Hall–Kier alpha value is -2.04. The molecule has 0 radical (unpaired) electrons. The van der Waals surface area contributed by atoms with Crippen LogP contribution in [-0.4, -0.2) is 34.6 Å². The number of hydrogen-bond donors (Lipinski definition) is 2. The molecule has 2 amide bonds. The van der Waals surface area contributed by atoms with E-state index in [0.29, 0.717) is 6.42 Å². The van der Waals surface area contributed by atoms with Crippen molar-refractivity contribution in [3.8, 4) is 0 Å². The molecule has 1 fully saturated rings. The molecule has 1 aromatic rings. The first kappa shape index (κ1) is 15.4. The van der Waals surface area contributed by atoms with Crippen LogP contribution in [0.15, 0.2) is 30.3 Å². The molecule has 1 aliphatic rings. The molecule has 2 atom stereocenters. The third kappa shape index (κ3) is 4.21. The topological polar surface area (TPSA) is 69.6 Å². The first-order valence-corrected chi connectivity index (χ1v) is 7.42. The number of urea groups is 1. The Kier molecular flexibility index (Phi) is 5.20. The molecule has 0 spiro atoms. The van der Waals surface area contributed by atoms with Gasteiger partial charge in [-0.1, -0.05) is 30.3 Å². The Bertz CT molecular complexity index is 490. The molecule has 5 heteroatoms. The highest BCUT2D eigenvalue weighted by atomic mass is 16.4. The summed E-state index contributed by atoms with van der Waals surface area (Å²) in [5.74, 6) is -0.847. The molecular weight excluding hydrogens is 268 g/mol. The van der Waals surface area contributed by atoms with E-state index in [0.717, 1.165) is 24.9 Å². The number of benzene rings is 1. The molecule has 1 heterocycles. The van der Waals surface area contributed by atoms with Gasteiger partial charge >= 0.3 is 12.0 Å². The molecule has 5 nitrogen and oxygen atoms in total. The molecular formula is C16H22N2O3. The number of likely N-dealkylation sites (tertiary alicyclic amines) is 1. The van der Waals surface area contributed by atoms with Crippen LogP contribution in [0.25, 0.3) is 0 Å². The zero-order valence-corrected chi connectivity index (χ0v) is 12.3. The number of carboxylic acid groups (broad SMARTS) is 1. The van der Waals surface area contributed by atoms with Crippen molar-refractivity contribution in [2.24, 2.45) is 0 Å². The summed E-state index contributed by atoms with van der Waals surface area (Å²) >= 11 is 0. The predicted octanol–water partition coefficient (Wildman–Crippen LogP) is 2.79. The Balaban J connectivity index is 2.04. The number of hydrogen-bond acceptors (Lipinski definition) is 2. The standard InChI is InChI=1S/C16H22N2O3/c1-12-6-5-11-18(12)16(21)17-14(9-10-15(19)20)13-7-3-2-4-8-13/h2-4,7-8,12,14H,5-6,9-11H2,1H3,(H,17,21)(H,19,20). The second-order valence-corrected chi connectivity index (χ2v) is 5.53.